The molecule has 196 valence electrons. The molecule has 10 heteroatoms. The average Bonchev–Trinajstić information content (AvgIpc) is 3.35. The summed E-state index contributed by atoms with van der Waals surface area (Å²) in [6, 6.07) is 11.5. The third-order valence-corrected chi connectivity index (χ3v) is 5.71. The second-order valence-corrected chi connectivity index (χ2v) is 9.15. The molecule has 0 aliphatic carbocycles. The largest absolute Gasteiger partial charge is 0.493 e. The number of methoxy groups -OCH3 is 1. The Bertz CT molecular complexity index is 1230. The van der Waals surface area contributed by atoms with E-state index in [2.05, 4.69) is 42.5 Å². The smallest absolute Gasteiger partial charge is 0.269 e. The van der Waals surface area contributed by atoms with Crippen LogP contribution in [0, 0.1) is 16.0 Å². The summed E-state index contributed by atoms with van der Waals surface area (Å²) < 4.78 is 12.9. The molecule has 1 heterocycles. The van der Waals surface area contributed by atoms with Crippen molar-refractivity contribution in [1.29, 1.82) is 0 Å². The molecule has 0 saturated heterocycles. The van der Waals surface area contributed by atoms with Gasteiger partial charge >= 0.3 is 0 Å². The molecule has 37 heavy (non-hydrogen) atoms. The van der Waals surface area contributed by atoms with Crippen LogP contribution in [0.3, 0.4) is 0 Å². The standard InChI is InChI=1S/C27H33N5O5/c1-19(2)6-5-7-20(3)14-27(33)28-16-21-8-13-25(26(15-21)36-4)37-18-22-17-31(30-29-22)23-9-11-24(12-10-23)32(34)35/h6,8-13,15,17,20H,5,7,14,16,18H2,1-4H3,(H,28,33)/t20-/m1/s1. The van der Waals surface area contributed by atoms with Crippen molar-refractivity contribution in [3.8, 4) is 17.2 Å². The minimum atomic E-state index is -0.453. The molecule has 0 aliphatic rings. The maximum Gasteiger partial charge on any atom is 0.269 e. The van der Waals surface area contributed by atoms with Gasteiger partial charge in [-0.3, -0.25) is 14.9 Å². The van der Waals surface area contributed by atoms with Crippen LogP contribution in [0.2, 0.25) is 0 Å². The first-order chi connectivity index (χ1) is 17.7. The van der Waals surface area contributed by atoms with Gasteiger partial charge in [0.05, 0.1) is 23.9 Å². The van der Waals surface area contributed by atoms with Crippen molar-refractivity contribution in [3.63, 3.8) is 0 Å². The molecule has 0 unspecified atom stereocenters. The van der Waals surface area contributed by atoms with E-state index in [1.807, 2.05) is 12.1 Å². The van der Waals surface area contributed by atoms with E-state index < -0.39 is 4.92 Å². The van der Waals surface area contributed by atoms with Crippen molar-refractivity contribution in [2.45, 2.75) is 53.2 Å². The fourth-order valence-electron chi connectivity index (χ4n) is 3.66. The van der Waals surface area contributed by atoms with Crippen molar-refractivity contribution < 1.29 is 19.2 Å². The summed E-state index contributed by atoms with van der Waals surface area (Å²) in [7, 11) is 1.56. The fourth-order valence-corrected chi connectivity index (χ4v) is 3.66. The first kappa shape index (κ1) is 27.4. The molecule has 0 aliphatic heterocycles. The Morgan fingerprint density at radius 2 is 1.95 bits per heavy atom. The number of nitro groups is 1. The van der Waals surface area contributed by atoms with E-state index in [1.54, 1.807) is 31.5 Å². The Kier molecular flexibility index (Phi) is 9.76. The first-order valence-corrected chi connectivity index (χ1v) is 12.1. The summed E-state index contributed by atoms with van der Waals surface area (Å²) >= 11 is 0. The van der Waals surface area contributed by atoms with Gasteiger partial charge in [-0.25, -0.2) is 4.68 Å². The van der Waals surface area contributed by atoms with Crippen LogP contribution in [0.4, 0.5) is 5.69 Å². The Balaban J connectivity index is 1.52. The van der Waals surface area contributed by atoms with E-state index in [9.17, 15) is 14.9 Å². The minimum Gasteiger partial charge on any atom is -0.493 e. The van der Waals surface area contributed by atoms with Crippen molar-refractivity contribution in [2.75, 3.05) is 7.11 Å². The van der Waals surface area contributed by atoms with Crippen LogP contribution < -0.4 is 14.8 Å². The number of carbonyl (C=O) groups excluding carboxylic acids is 1. The molecule has 2 aromatic carbocycles. The third-order valence-electron chi connectivity index (χ3n) is 5.71. The van der Waals surface area contributed by atoms with Gasteiger partial charge in [0.2, 0.25) is 5.91 Å². The zero-order valence-corrected chi connectivity index (χ0v) is 21.6. The van der Waals surface area contributed by atoms with Crippen LogP contribution in [0.5, 0.6) is 11.5 Å². The Labute approximate surface area is 216 Å². The Morgan fingerprint density at radius 3 is 2.62 bits per heavy atom. The third kappa shape index (κ3) is 8.45. The van der Waals surface area contributed by atoms with E-state index in [4.69, 9.17) is 9.47 Å². The molecular weight excluding hydrogens is 474 g/mol. The molecule has 3 rings (SSSR count). The lowest BCUT2D eigenvalue weighted by Gasteiger charge is -2.13. The van der Waals surface area contributed by atoms with Crippen LogP contribution >= 0.6 is 0 Å². The van der Waals surface area contributed by atoms with Gasteiger partial charge in [-0.05, 0) is 62.4 Å². The average molecular weight is 508 g/mol. The monoisotopic (exact) mass is 507 g/mol. The van der Waals surface area contributed by atoms with Gasteiger partial charge in [-0.1, -0.05) is 29.9 Å². The number of hydrogen-bond acceptors (Lipinski definition) is 7. The van der Waals surface area contributed by atoms with Crippen LogP contribution in [0.25, 0.3) is 5.69 Å². The van der Waals surface area contributed by atoms with Gasteiger partial charge in [0.1, 0.15) is 12.3 Å². The maximum absolute atomic E-state index is 12.3. The van der Waals surface area contributed by atoms with Gasteiger partial charge in [0.25, 0.3) is 5.69 Å². The van der Waals surface area contributed by atoms with E-state index in [-0.39, 0.29) is 18.2 Å². The van der Waals surface area contributed by atoms with Gasteiger partial charge in [-0.2, -0.15) is 0 Å². The molecule has 0 saturated carbocycles. The number of nitro benzene ring substituents is 1. The van der Waals surface area contributed by atoms with E-state index in [0.717, 1.165) is 18.4 Å². The van der Waals surface area contributed by atoms with Crippen molar-refractivity contribution in [3.05, 3.63) is 81.7 Å². The Morgan fingerprint density at radius 1 is 1.19 bits per heavy atom. The molecule has 0 fully saturated rings. The summed E-state index contributed by atoms with van der Waals surface area (Å²) in [5.41, 5.74) is 3.43. The Hall–Kier alpha value is -4.21. The number of aromatic nitrogens is 3. The summed E-state index contributed by atoms with van der Waals surface area (Å²) in [6.07, 6.45) is 6.36. The SMILES string of the molecule is COc1cc(CNC(=O)C[C@H](C)CCC=C(C)C)ccc1OCc1cn(-c2ccc([N+](=O)[O-])cc2)nn1. The van der Waals surface area contributed by atoms with Crippen LogP contribution in [0.1, 0.15) is 51.3 Å². The zero-order chi connectivity index (χ0) is 26.8. The number of carbonyl (C=O) groups is 1. The molecular formula is C27H33N5O5. The summed E-state index contributed by atoms with van der Waals surface area (Å²) in [5, 5.41) is 22.0. The van der Waals surface area contributed by atoms with Gasteiger partial charge in [-0.15, -0.1) is 5.10 Å². The summed E-state index contributed by atoms with van der Waals surface area (Å²) in [5.74, 6) is 1.43. The minimum absolute atomic E-state index is 0.00669. The number of amides is 1. The molecule has 3 aromatic rings. The quantitative estimate of drug-likeness (QED) is 0.193. The van der Waals surface area contributed by atoms with Crippen molar-refractivity contribution >= 4 is 11.6 Å². The highest BCUT2D eigenvalue weighted by Crippen LogP contribution is 2.29. The highest BCUT2D eigenvalue weighted by atomic mass is 16.6. The van der Waals surface area contributed by atoms with Crippen LogP contribution in [-0.2, 0) is 17.9 Å². The number of benzene rings is 2. The number of rotatable bonds is 13. The van der Waals surface area contributed by atoms with E-state index >= 15 is 0 Å². The van der Waals surface area contributed by atoms with E-state index in [0.29, 0.717) is 41.8 Å². The number of nitrogens with one attached hydrogen (secondary N) is 1. The summed E-state index contributed by atoms with van der Waals surface area (Å²) in [6.45, 7) is 6.82. The number of non-ortho nitro benzene ring substituents is 1. The van der Waals surface area contributed by atoms with Crippen LogP contribution in [0.15, 0.2) is 60.3 Å². The van der Waals surface area contributed by atoms with Gasteiger partial charge < -0.3 is 14.8 Å². The van der Waals surface area contributed by atoms with Gasteiger partial charge in [0, 0.05) is 25.1 Å². The molecule has 1 aromatic heterocycles. The second-order valence-electron chi connectivity index (χ2n) is 9.15. The summed E-state index contributed by atoms with van der Waals surface area (Å²) in [4.78, 5) is 22.7. The normalized spacial score (nSPS) is 11.5. The lowest BCUT2D eigenvalue weighted by atomic mass is 10.0. The molecule has 10 nitrogen and oxygen atoms in total. The van der Waals surface area contributed by atoms with Crippen molar-refractivity contribution in [2.24, 2.45) is 5.92 Å². The molecule has 0 bridgehead atoms. The fraction of sp³-hybridized carbons (Fsp3) is 0.370. The molecule has 0 radical (unpaired) electrons. The first-order valence-electron chi connectivity index (χ1n) is 12.1. The predicted molar refractivity (Wildman–Crippen MR) is 140 cm³/mol. The highest BCUT2D eigenvalue weighted by molar-refractivity contribution is 5.76. The maximum atomic E-state index is 12.3. The lowest BCUT2D eigenvalue weighted by Crippen LogP contribution is -2.24. The molecule has 1 amide bonds. The van der Waals surface area contributed by atoms with Gasteiger partial charge in [0.15, 0.2) is 11.5 Å². The van der Waals surface area contributed by atoms with Crippen molar-refractivity contribution in [1.82, 2.24) is 20.3 Å². The zero-order valence-electron chi connectivity index (χ0n) is 21.6. The number of hydrogen-bond donors (Lipinski definition) is 1. The predicted octanol–water partition coefficient (Wildman–Crippen LogP) is 5.15. The molecule has 0 spiro atoms. The van der Waals surface area contributed by atoms with Crippen LogP contribution in [-0.4, -0.2) is 32.9 Å². The lowest BCUT2D eigenvalue weighted by molar-refractivity contribution is -0.384. The topological polar surface area (TPSA) is 121 Å². The number of allylic oxidation sites excluding steroid dienone is 2. The number of nitrogens with zero attached hydrogens (tertiary/aromatic N) is 4. The highest BCUT2D eigenvalue weighted by Gasteiger charge is 2.12. The molecule has 1 N–H and O–H groups in total. The number of ether oxygens (including phenoxy) is 2. The van der Waals surface area contributed by atoms with E-state index in [1.165, 1.54) is 22.4 Å². The second kappa shape index (κ2) is 13.2. The molecule has 1 atom stereocenters.